The molecule has 2 aromatic rings. The van der Waals surface area contributed by atoms with E-state index in [0.717, 1.165) is 41.2 Å². The lowest BCUT2D eigenvalue weighted by molar-refractivity contribution is -0.137. The molecule has 0 fully saturated rings. The molecule has 3 nitrogen and oxygen atoms in total. The summed E-state index contributed by atoms with van der Waals surface area (Å²) in [6.07, 6.45) is 3.97. The van der Waals surface area contributed by atoms with E-state index in [0.29, 0.717) is 13.0 Å². The number of hydrogen-bond donors (Lipinski definition) is 1. The molecule has 0 spiro atoms. The van der Waals surface area contributed by atoms with Crippen LogP contribution >= 0.6 is 0 Å². The van der Waals surface area contributed by atoms with E-state index < -0.39 is 5.97 Å². The highest BCUT2D eigenvalue weighted by Crippen LogP contribution is 2.26. The van der Waals surface area contributed by atoms with Gasteiger partial charge in [-0.1, -0.05) is 62.4 Å². The van der Waals surface area contributed by atoms with E-state index in [1.54, 1.807) is 0 Å². The van der Waals surface area contributed by atoms with Gasteiger partial charge in [0.2, 0.25) is 0 Å². The number of aliphatic hydroxyl groups is 1. The number of carbonyl (C=O) groups is 1. The van der Waals surface area contributed by atoms with E-state index in [1.165, 1.54) is 5.56 Å². The first-order valence-electron chi connectivity index (χ1n) is 8.29. The van der Waals surface area contributed by atoms with Gasteiger partial charge in [-0.3, -0.25) is 0 Å². The van der Waals surface area contributed by atoms with Crippen molar-refractivity contribution in [2.75, 3.05) is 6.61 Å². The van der Waals surface area contributed by atoms with E-state index in [9.17, 15) is 9.90 Å². The fourth-order valence-corrected chi connectivity index (χ4v) is 2.69. The zero-order chi connectivity index (χ0) is 17.4. The van der Waals surface area contributed by atoms with Crippen molar-refractivity contribution in [1.29, 1.82) is 0 Å². The highest BCUT2D eigenvalue weighted by Gasteiger charge is 2.08. The van der Waals surface area contributed by atoms with Crippen LogP contribution < -0.4 is 0 Å². The maximum atomic E-state index is 11.2. The van der Waals surface area contributed by atoms with Gasteiger partial charge in [-0.15, -0.1) is 0 Å². The van der Waals surface area contributed by atoms with E-state index in [1.807, 2.05) is 18.2 Å². The topological polar surface area (TPSA) is 46.5 Å². The standard InChI is InChI=1S/C21H24O3/c1-3-5-16-6-9-18(10-7-16)20-11-8-17(15-22)14-19(20)12-13-24-21(23)4-2/h4,6-11,14,22H,2-3,5,12-13,15H2,1H3. The number of carbonyl (C=O) groups excluding carboxylic acids is 1. The summed E-state index contributed by atoms with van der Waals surface area (Å²) in [4.78, 5) is 11.2. The number of ether oxygens (including phenoxy) is 1. The maximum absolute atomic E-state index is 11.2. The fraction of sp³-hybridized carbons (Fsp3) is 0.286. The average molecular weight is 324 g/mol. The second-order valence-corrected chi connectivity index (χ2v) is 5.72. The second-order valence-electron chi connectivity index (χ2n) is 5.72. The number of rotatable bonds is 8. The van der Waals surface area contributed by atoms with Crippen LogP contribution in [0.1, 0.15) is 30.0 Å². The Balaban J connectivity index is 2.23. The molecule has 24 heavy (non-hydrogen) atoms. The van der Waals surface area contributed by atoms with E-state index in [2.05, 4.69) is 37.8 Å². The van der Waals surface area contributed by atoms with Crippen molar-refractivity contribution in [2.45, 2.75) is 32.8 Å². The quantitative estimate of drug-likeness (QED) is 0.588. The van der Waals surface area contributed by atoms with Crippen molar-refractivity contribution in [3.63, 3.8) is 0 Å². The van der Waals surface area contributed by atoms with Gasteiger partial charge in [0.05, 0.1) is 13.2 Å². The van der Waals surface area contributed by atoms with Gasteiger partial charge >= 0.3 is 5.97 Å². The molecule has 0 aliphatic heterocycles. The molecule has 2 aromatic carbocycles. The molecule has 0 aliphatic carbocycles. The number of hydrogen-bond acceptors (Lipinski definition) is 3. The number of esters is 1. The first kappa shape index (κ1) is 18.0. The van der Waals surface area contributed by atoms with Gasteiger partial charge in [-0.2, -0.15) is 0 Å². The largest absolute Gasteiger partial charge is 0.462 e. The number of aryl methyl sites for hydroxylation is 1. The highest BCUT2D eigenvalue weighted by atomic mass is 16.5. The molecule has 0 bridgehead atoms. The first-order valence-corrected chi connectivity index (χ1v) is 8.29. The third kappa shape index (κ3) is 4.80. The molecule has 0 saturated carbocycles. The Morgan fingerprint density at radius 1 is 1.12 bits per heavy atom. The monoisotopic (exact) mass is 324 g/mol. The molecule has 0 aromatic heterocycles. The summed E-state index contributed by atoms with van der Waals surface area (Å²) < 4.78 is 5.09. The molecule has 0 unspecified atom stereocenters. The van der Waals surface area contributed by atoms with Crippen molar-refractivity contribution >= 4 is 5.97 Å². The van der Waals surface area contributed by atoms with Crippen LogP contribution in [0, 0.1) is 0 Å². The molecule has 0 heterocycles. The van der Waals surface area contributed by atoms with Crippen molar-refractivity contribution in [2.24, 2.45) is 0 Å². The Bertz CT molecular complexity index is 687. The van der Waals surface area contributed by atoms with Crippen LogP contribution in [0.2, 0.25) is 0 Å². The highest BCUT2D eigenvalue weighted by molar-refractivity contribution is 5.81. The normalized spacial score (nSPS) is 10.4. The Hall–Kier alpha value is -2.39. The third-order valence-electron chi connectivity index (χ3n) is 3.94. The summed E-state index contributed by atoms with van der Waals surface area (Å²) in [6.45, 7) is 5.85. The minimum absolute atomic E-state index is 0.00480. The molecule has 0 radical (unpaired) electrons. The minimum atomic E-state index is -0.418. The van der Waals surface area contributed by atoms with E-state index in [4.69, 9.17) is 4.74 Å². The van der Waals surface area contributed by atoms with Gasteiger partial charge in [0.1, 0.15) is 0 Å². The summed E-state index contributed by atoms with van der Waals surface area (Å²) in [5.74, 6) is -0.418. The Morgan fingerprint density at radius 3 is 2.46 bits per heavy atom. The van der Waals surface area contributed by atoms with Gasteiger partial charge in [0.15, 0.2) is 0 Å². The van der Waals surface area contributed by atoms with Crippen LogP contribution in [0.3, 0.4) is 0 Å². The van der Waals surface area contributed by atoms with Crippen LogP contribution in [0.5, 0.6) is 0 Å². The Kier molecular flexibility index (Phi) is 6.76. The summed E-state index contributed by atoms with van der Waals surface area (Å²) in [6, 6.07) is 14.5. The van der Waals surface area contributed by atoms with Gasteiger partial charge < -0.3 is 9.84 Å². The van der Waals surface area contributed by atoms with Crippen LogP contribution in [-0.4, -0.2) is 17.7 Å². The van der Waals surface area contributed by atoms with Crippen LogP contribution in [-0.2, 0) is 29.0 Å². The third-order valence-corrected chi connectivity index (χ3v) is 3.94. The second kappa shape index (κ2) is 9.04. The summed E-state index contributed by atoms with van der Waals surface area (Å²) in [5, 5.41) is 9.37. The van der Waals surface area contributed by atoms with Gasteiger partial charge in [0.25, 0.3) is 0 Å². The predicted octanol–water partition coefficient (Wildman–Crippen LogP) is 4.07. The lowest BCUT2D eigenvalue weighted by Gasteiger charge is -2.12. The van der Waals surface area contributed by atoms with Gasteiger partial charge in [-0.25, -0.2) is 4.79 Å². The van der Waals surface area contributed by atoms with E-state index in [-0.39, 0.29) is 6.61 Å². The maximum Gasteiger partial charge on any atom is 0.330 e. The molecular weight excluding hydrogens is 300 g/mol. The molecule has 126 valence electrons. The zero-order valence-electron chi connectivity index (χ0n) is 14.1. The van der Waals surface area contributed by atoms with Gasteiger partial charge in [0, 0.05) is 12.5 Å². The molecular formula is C21H24O3. The number of benzene rings is 2. The van der Waals surface area contributed by atoms with Crippen LogP contribution in [0.15, 0.2) is 55.1 Å². The molecule has 3 heteroatoms. The Morgan fingerprint density at radius 2 is 1.83 bits per heavy atom. The summed E-state index contributed by atoms with van der Waals surface area (Å²) in [7, 11) is 0. The van der Waals surface area contributed by atoms with Crippen molar-refractivity contribution < 1.29 is 14.6 Å². The van der Waals surface area contributed by atoms with Crippen molar-refractivity contribution in [1.82, 2.24) is 0 Å². The van der Waals surface area contributed by atoms with Crippen molar-refractivity contribution in [3.05, 3.63) is 71.8 Å². The van der Waals surface area contributed by atoms with Gasteiger partial charge in [-0.05, 0) is 34.2 Å². The molecule has 0 aliphatic rings. The van der Waals surface area contributed by atoms with Crippen LogP contribution in [0.4, 0.5) is 0 Å². The fourth-order valence-electron chi connectivity index (χ4n) is 2.69. The molecule has 1 N–H and O–H groups in total. The summed E-state index contributed by atoms with van der Waals surface area (Å²) in [5.41, 5.74) is 5.47. The first-order chi connectivity index (χ1) is 11.7. The van der Waals surface area contributed by atoms with E-state index >= 15 is 0 Å². The predicted molar refractivity (Wildman–Crippen MR) is 96.7 cm³/mol. The van der Waals surface area contributed by atoms with Crippen LogP contribution in [0.25, 0.3) is 11.1 Å². The Labute approximate surface area is 143 Å². The minimum Gasteiger partial charge on any atom is -0.462 e. The molecule has 0 saturated heterocycles. The number of aliphatic hydroxyl groups excluding tert-OH is 1. The summed E-state index contributed by atoms with van der Waals surface area (Å²) >= 11 is 0. The lowest BCUT2D eigenvalue weighted by atomic mass is 9.95. The molecule has 2 rings (SSSR count). The average Bonchev–Trinajstić information content (AvgIpc) is 2.62. The zero-order valence-corrected chi connectivity index (χ0v) is 14.1. The molecule has 0 atom stereocenters. The SMILES string of the molecule is C=CC(=O)OCCc1cc(CO)ccc1-c1ccc(CCC)cc1. The van der Waals surface area contributed by atoms with Crippen molar-refractivity contribution in [3.8, 4) is 11.1 Å². The smallest absolute Gasteiger partial charge is 0.330 e. The lowest BCUT2D eigenvalue weighted by Crippen LogP contribution is -2.05. The molecule has 0 amide bonds.